The van der Waals surface area contributed by atoms with Gasteiger partial charge in [0, 0.05) is 23.9 Å². The van der Waals surface area contributed by atoms with Gasteiger partial charge >= 0.3 is 0 Å². The molecular weight excluding hydrogens is 304 g/mol. The van der Waals surface area contributed by atoms with Crippen molar-refractivity contribution in [3.63, 3.8) is 0 Å². The molecule has 0 bridgehead atoms. The number of aromatic nitrogens is 3. The van der Waals surface area contributed by atoms with Crippen molar-refractivity contribution < 1.29 is 9.32 Å². The number of nitrogens with one attached hydrogen (secondary N) is 1. The second-order valence-corrected chi connectivity index (χ2v) is 6.86. The maximum atomic E-state index is 12.9. The third-order valence-corrected chi connectivity index (χ3v) is 5.14. The largest absolute Gasteiger partial charge is 0.339 e. The van der Waals surface area contributed by atoms with Crippen LogP contribution in [0.5, 0.6) is 0 Å². The van der Waals surface area contributed by atoms with E-state index in [1.807, 2.05) is 6.92 Å². The zero-order chi connectivity index (χ0) is 16.6. The first-order valence-electron chi connectivity index (χ1n) is 8.81. The first-order valence-corrected chi connectivity index (χ1v) is 8.81. The Morgan fingerprint density at radius 1 is 1.38 bits per heavy atom. The lowest BCUT2D eigenvalue weighted by Crippen LogP contribution is -2.45. The molecule has 2 aliphatic rings. The monoisotopic (exact) mass is 326 g/mol. The molecule has 24 heavy (non-hydrogen) atoms. The van der Waals surface area contributed by atoms with Gasteiger partial charge in [0.25, 0.3) is 5.91 Å². The minimum Gasteiger partial charge on any atom is -0.339 e. The summed E-state index contributed by atoms with van der Waals surface area (Å²) in [6.07, 6.45) is 10.3. The number of amides is 1. The van der Waals surface area contributed by atoms with Crippen molar-refractivity contribution >= 4 is 5.91 Å². The number of hydrogen-bond acceptors (Lipinski definition) is 5. The molecule has 2 aromatic heterocycles. The van der Waals surface area contributed by atoms with Gasteiger partial charge in [-0.15, -0.1) is 0 Å². The summed E-state index contributed by atoms with van der Waals surface area (Å²) < 4.78 is 5.44. The van der Waals surface area contributed by atoms with Crippen LogP contribution in [0.25, 0.3) is 0 Å². The standard InChI is InChI=1S/C18H22N4O2/c1-2-12-11-19-10-7-14(12)15(23)21-18(8-3-4-9-18)17-20-16(24-22-17)13-5-6-13/h7,10-11,13H,2-6,8-9H2,1H3,(H,21,23). The summed E-state index contributed by atoms with van der Waals surface area (Å²) in [6, 6.07) is 1.78. The first kappa shape index (κ1) is 15.3. The van der Waals surface area contributed by atoms with Crippen LogP contribution in [-0.4, -0.2) is 21.0 Å². The lowest BCUT2D eigenvalue weighted by atomic mass is 9.95. The molecule has 0 radical (unpaired) electrons. The Labute approximate surface area is 141 Å². The molecule has 0 atom stereocenters. The Balaban J connectivity index is 1.61. The molecule has 2 saturated carbocycles. The lowest BCUT2D eigenvalue weighted by molar-refractivity contribution is 0.0891. The Morgan fingerprint density at radius 3 is 2.88 bits per heavy atom. The van der Waals surface area contributed by atoms with Crippen LogP contribution in [0.2, 0.25) is 0 Å². The summed E-state index contributed by atoms with van der Waals surface area (Å²) in [5.41, 5.74) is 1.14. The molecule has 2 heterocycles. The van der Waals surface area contributed by atoms with E-state index in [1.54, 1.807) is 18.5 Å². The highest BCUT2D eigenvalue weighted by atomic mass is 16.5. The van der Waals surface area contributed by atoms with Crippen LogP contribution in [0, 0.1) is 0 Å². The van der Waals surface area contributed by atoms with Crippen molar-refractivity contribution in [2.45, 2.75) is 63.3 Å². The van der Waals surface area contributed by atoms with Gasteiger partial charge in [-0.25, -0.2) is 0 Å². The Kier molecular flexibility index (Phi) is 3.82. The number of carbonyl (C=O) groups excluding carboxylic acids is 1. The van der Waals surface area contributed by atoms with E-state index in [0.717, 1.165) is 56.4 Å². The van der Waals surface area contributed by atoms with Gasteiger partial charge < -0.3 is 9.84 Å². The number of carbonyl (C=O) groups is 1. The van der Waals surface area contributed by atoms with E-state index in [-0.39, 0.29) is 5.91 Å². The SMILES string of the molecule is CCc1cnccc1C(=O)NC1(c2noc(C3CC3)n2)CCCC1. The van der Waals surface area contributed by atoms with E-state index >= 15 is 0 Å². The van der Waals surface area contributed by atoms with Crippen molar-refractivity contribution in [2.24, 2.45) is 0 Å². The summed E-state index contributed by atoms with van der Waals surface area (Å²) in [7, 11) is 0. The average Bonchev–Trinajstić information content (AvgIpc) is 3.14. The summed E-state index contributed by atoms with van der Waals surface area (Å²) in [6.45, 7) is 2.03. The number of aryl methyl sites for hydroxylation is 1. The van der Waals surface area contributed by atoms with Gasteiger partial charge in [0.05, 0.1) is 0 Å². The second-order valence-electron chi connectivity index (χ2n) is 6.86. The molecule has 0 unspecified atom stereocenters. The molecule has 0 spiro atoms. The molecule has 2 fully saturated rings. The molecule has 0 saturated heterocycles. The fraction of sp³-hybridized carbons (Fsp3) is 0.556. The quantitative estimate of drug-likeness (QED) is 0.913. The molecular formula is C18H22N4O2. The van der Waals surface area contributed by atoms with Gasteiger partial charge in [-0.1, -0.05) is 24.9 Å². The predicted molar refractivity (Wildman–Crippen MR) is 87.5 cm³/mol. The summed E-state index contributed by atoms with van der Waals surface area (Å²) in [5.74, 6) is 1.72. The van der Waals surface area contributed by atoms with Crippen LogP contribution in [0.3, 0.4) is 0 Å². The van der Waals surface area contributed by atoms with E-state index in [4.69, 9.17) is 4.52 Å². The minimum absolute atomic E-state index is 0.0751. The topological polar surface area (TPSA) is 80.9 Å². The van der Waals surface area contributed by atoms with Crippen LogP contribution >= 0.6 is 0 Å². The summed E-state index contributed by atoms with van der Waals surface area (Å²) >= 11 is 0. The van der Waals surface area contributed by atoms with Crippen LogP contribution in [0.1, 0.15) is 79.0 Å². The molecule has 0 aromatic carbocycles. The Morgan fingerprint density at radius 2 is 2.17 bits per heavy atom. The number of nitrogens with zero attached hydrogens (tertiary/aromatic N) is 3. The average molecular weight is 326 g/mol. The number of rotatable bonds is 5. The third kappa shape index (κ3) is 2.70. The van der Waals surface area contributed by atoms with E-state index < -0.39 is 5.54 Å². The summed E-state index contributed by atoms with van der Waals surface area (Å²) in [4.78, 5) is 21.6. The van der Waals surface area contributed by atoms with Gasteiger partial charge in [-0.05, 0) is 43.7 Å². The van der Waals surface area contributed by atoms with E-state index in [2.05, 4.69) is 20.4 Å². The maximum Gasteiger partial charge on any atom is 0.252 e. The van der Waals surface area contributed by atoms with Crippen molar-refractivity contribution in [3.05, 3.63) is 41.3 Å². The third-order valence-electron chi connectivity index (χ3n) is 5.14. The van der Waals surface area contributed by atoms with Crippen LogP contribution in [0.4, 0.5) is 0 Å². The van der Waals surface area contributed by atoms with E-state index in [1.165, 1.54) is 0 Å². The molecule has 0 aliphatic heterocycles. The van der Waals surface area contributed by atoms with Gasteiger partial charge in [0.2, 0.25) is 5.89 Å². The fourth-order valence-corrected chi connectivity index (χ4v) is 3.52. The Hall–Kier alpha value is -2.24. The molecule has 4 rings (SSSR count). The van der Waals surface area contributed by atoms with E-state index in [9.17, 15) is 4.79 Å². The Bertz CT molecular complexity index is 745. The number of hydrogen-bond donors (Lipinski definition) is 1. The number of pyridine rings is 1. The highest BCUT2D eigenvalue weighted by molar-refractivity contribution is 5.96. The van der Waals surface area contributed by atoms with Gasteiger partial charge in [0.1, 0.15) is 5.54 Å². The highest BCUT2D eigenvalue weighted by Gasteiger charge is 2.43. The molecule has 6 heteroatoms. The lowest BCUT2D eigenvalue weighted by Gasteiger charge is -2.27. The second kappa shape index (κ2) is 6.00. The molecule has 126 valence electrons. The van der Waals surface area contributed by atoms with Crippen molar-refractivity contribution in [2.75, 3.05) is 0 Å². The molecule has 2 aromatic rings. The zero-order valence-electron chi connectivity index (χ0n) is 13.9. The predicted octanol–water partition coefficient (Wildman–Crippen LogP) is 3.10. The smallest absolute Gasteiger partial charge is 0.252 e. The zero-order valence-corrected chi connectivity index (χ0v) is 13.9. The van der Waals surface area contributed by atoms with Crippen molar-refractivity contribution in [1.82, 2.24) is 20.4 Å². The van der Waals surface area contributed by atoms with Crippen LogP contribution < -0.4 is 5.32 Å². The van der Waals surface area contributed by atoms with Crippen LogP contribution in [0.15, 0.2) is 23.0 Å². The molecule has 1 N–H and O–H groups in total. The normalized spacial score (nSPS) is 19.4. The molecule has 1 amide bonds. The van der Waals surface area contributed by atoms with Crippen molar-refractivity contribution in [3.8, 4) is 0 Å². The van der Waals surface area contributed by atoms with E-state index in [0.29, 0.717) is 17.3 Å². The van der Waals surface area contributed by atoms with Gasteiger partial charge in [-0.3, -0.25) is 9.78 Å². The fourth-order valence-electron chi connectivity index (χ4n) is 3.52. The van der Waals surface area contributed by atoms with Crippen LogP contribution in [-0.2, 0) is 12.0 Å². The van der Waals surface area contributed by atoms with Crippen molar-refractivity contribution in [1.29, 1.82) is 0 Å². The minimum atomic E-state index is -0.498. The van der Waals surface area contributed by atoms with Gasteiger partial charge in [0.15, 0.2) is 5.82 Å². The first-order chi connectivity index (χ1) is 11.7. The highest BCUT2D eigenvalue weighted by Crippen LogP contribution is 2.42. The van der Waals surface area contributed by atoms with Gasteiger partial charge in [-0.2, -0.15) is 4.98 Å². The maximum absolute atomic E-state index is 12.9. The molecule has 6 nitrogen and oxygen atoms in total. The summed E-state index contributed by atoms with van der Waals surface area (Å²) in [5, 5.41) is 7.43. The molecule has 2 aliphatic carbocycles.